The van der Waals surface area contributed by atoms with Gasteiger partial charge in [-0.25, -0.2) is 9.37 Å². The van der Waals surface area contributed by atoms with Crippen LogP contribution in [0.1, 0.15) is 17.9 Å². The van der Waals surface area contributed by atoms with E-state index in [4.69, 9.17) is 9.15 Å². The van der Waals surface area contributed by atoms with Crippen molar-refractivity contribution in [3.8, 4) is 17.1 Å². The van der Waals surface area contributed by atoms with E-state index in [-0.39, 0.29) is 11.7 Å². The maximum absolute atomic E-state index is 13.5. The molecule has 0 unspecified atom stereocenters. The molecule has 0 aliphatic carbocycles. The quantitative estimate of drug-likeness (QED) is 0.496. The van der Waals surface area contributed by atoms with Gasteiger partial charge < -0.3 is 14.5 Å². The number of oxazole rings is 1. The first-order valence-corrected chi connectivity index (χ1v) is 10.5. The van der Waals surface area contributed by atoms with E-state index >= 15 is 0 Å². The molecule has 1 heterocycles. The molecule has 29 heavy (non-hydrogen) atoms. The first kappa shape index (κ1) is 20.9. The summed E-state index contributed by atoms with van der Waals surface area (Å²) in [4.78, 5) is 16.2. The molecule has 0 saturated heterocycles. The summed E-state index contributed by atoms with van der Waals surface area (Å²) in [6.45, 7) is 0.542. The standard InChI is InChI=1S/C22H23FN2O3S/c1-27-18-8-6-16(7-9-18)20-14-25-22(28-20)11-10-21(26)24-12-13-29-15-17-4-2-3-5-19(17)23/h2-9,14H,10-13,15H2,1H3,(H,24,26). The Labute approximate surface area is 173 Å². The summed E-state index contributed by atoms with van der Waals surface area (Å²) in [7, 11) is 1.62. The summed E-state index contributed by atoms with van der Waals surface area (Å²) in [5, 5.41) is 2.87. The Bertz CT molecular complexity index is 928. The van der Waals surface area contributed by atoms with Crippen molar-refractivity contribution in [3.63, 3.8) is 0 Å². The monoisotopic (exact) mass is 414 g/mol. The largest absolute Gasteiger partial charge is 0.497 e. The van der Waals surface area contributed by atoms with Crippen LogP contribution in [0.4, 0.5) is 4.39 Å². The van der Waals surface area contributed by atoms with Crippen molar-refractivity contribution < 1.29 is 18.3 Å². The van der Waals surface area contributed by atoms with Crippen LogP contribution in [0.25, 0.3) is 11.3 Å². The summed E-state index contributed by atoms with van der Waals surface area (Å²) >= 11 is 1.59. The Hall–Kier alpha value is -2.80. The van der Waals surface area contributed by atoms with Crippen molar-refractivity contribution in [1.29, 1.82) is 0 Å². The van der Waals surface area contributed by atoms with Crippen LogP contribution in [0.5, 0.6) is 5.75 Å². The SMILES string of the molecule is COc1ccc(-c2cnc(CCC(=O)NCCSCc3ccccc3F)o2)cc1. The molecule has 0 bridgehead atoms. The van der Waals surface area contributed by atoms with Crippen molar-refractivity contribution in [3.05, 3.63) is 72.0 Å². The van der Waals surface area contributed by atoms with Crippen molar-refractivity contribution in [2.45, 2.75) is 18.6 Å². The predicted octanol–water partition coefficient (Wildman–Crippen LogP) is 4.47. The van der Waals surface area contributed by atoms with E-state index in [1.807, 2.05) is 30.3 Å². The molecule has 7 heteroatoms. The van der Waals surface area contributed by atoms with Gasteiger partial charge in [0.2, 0.25) is 5.91 Å². The second-order valence-corrected chi connectivity index (χ2v) is 7.45. The number of hydrogen-bond acceptors (Lipinski definition) is 5. The van der Waals surface area contributed by atoms with Gasteiger partial charge in [-0.2, -0.15) is 11.8 Å². The number of halogens is 1. The van der Waals surface area contributed by atoms with Gasteiger partial charge in [-0.05, 0) is 35.9 Å². The Balaban J connectivity index is 1.35. The third kappa shape index (κ3) is 6.35. The lowest BCUT2D eigenvalue weighted by atomic mass is 10.2. The minimum Gasteiger partial charge on any atom is -0.497 e. The molecule has 3 aromatic rings. The van der Waals surface area contributed by atoms with Crippen LogP contribution in [0.15, 0.2) is 59.1 Å². The maximum atomic E-state index is 13.5. The molecule has 1 N–H and O–H groups in total. The fraction of sp³-hybridized carbons (Fsp3) is 0.273. The van der Waals surface area contributed by atoms with Crippen LogP contribution < -0.4 is 10.1 Å². The molecule has 0 aliphatic heterocycles. The molecule has 0 radical (unpaired) electrons. The number of thioether (sulfide) groups is 1. The van der Waals surface area contributed by atoms with Crippen LogP contribution in [0.2, 0.25) is 0 Å². The van der Waals surface area contributed by atoms with Gasteiger partial charge in [-0.1, -0.05) is 18.2 Å². The highest BCUT2D eigenvalue weighted by Gasteiger charge is 2.09. The van der Waals surface area contributed by atoms with Gasteiger partial charge in [0.05, 0.1) is 13.3 Å². The molecule has 2 aromatic carbocycles. The second-order valence-electron chi connectivity index (χ2n) is 6.34. The third-order valence-electron chi connectivity index (χ3n) is 4.28. The highest BCUT2D eigenvalue weighted by molar-refractivity contribution is 7.98. The van der Waals surface area contributed by atoms with Gasteiger partial charge in [-0.3, -0.25) is 4.79 Å². The normalized spacial score (nSPS) is 10.7. The Morgan fingerprint density at radius 1 is 1.21 bits per heavy atom. The lowest BCUT2D eigenvalue weighted by Gasteiger charge is -2.05. The Kier molecular flexibility index (Phi) is 7.69. The molecular weight excluding hydrogens is 391 g/mol. The first-order valence-electron chi connectivity index (χ1n) is 9.32. The topological polar surface area (TPSA) is 64.4 Å². The van der Waals surface area contributed by atoms with E-state index in [0.29, 0.717) is 42.4 Å². The summed E-state index contributed by atoms with van der Waals surface area (Å²) in [6, 6.07) is 14.2. The number of benzene rings is 2. The zero-order valence-electron chi connectivity index (χ0n) is 16.2. The zero-order valence-corrected chi connectivity index (χ0v) is 17.0. The molecular formula is C22H23FN2O3S. The minimum absolute atomic E-state index is 0.0549. The van der Waals surface area contributed by atoms with E-state index in [1.54, 1.807) is 37.2 Å². The number of carbonyl (C=O) groups is 1. The number of aromatic nitrogens is 1. The lowest BCUT2D eigenvalue weighted by Crippen LogP contribution is -2.26. The van der Waals surface area contributed by atoms with E-state index in [1.165, 1.54) is 6.07 Å². The fourth-order valence-corrected chi connectivity index (χ4v) is 3.53. The van der Waals surface area contributed by atoms with Gasteiger partial charge >= 0.3 is 0 Å². The van der Waals surface area contributed by atoms with Crippen LogP contribution in [-0.2, 0) is 17.0 Å². The second kappa shape index (κ2) is 10.7. The molecule has 0 atom stereocenters. The van der Waals surface area contributed by atoms with Gasteiger partial charge in [0.15, 0.2) is 11.7 Å². The molecule has 3 rings (SSSR count). The molecule has 1 aromatic heterocycles. The highest BCUT2D eigenvalue weighted by atomic mass is 32.2. The van der Waals surface area contributed by atoms with Crippen molar-refractivity contribution in [2.75, 3.05) is 19.4 Å². The van der Waals surface area contributed by atoms with Crippen LogP contribution in [-0.4, -0.2) is 30.3 Å². The molecule has 5 nitrogen and oxygen atoms in total. The number of nitrogens with one attached hydrogen (secondary N) is 1. The van der Waals surface area contributed by atoms with Crippen molar-refractivity contribution in [2.24, 2.45) is 0 Å². The summed E-state index contributed by atoms with van der Waals surface area (Å²) < 4.78 is 24.4. The van der Waals surface area contributed by atoms with Crippen molar-refractivity contribution >= 4 is 17.7 Å². The number of rotatable bonds is 10. The molecule has 0 saturated carbocycles. The zero-order chi connectivity index (χ0) is 20.5. The summed E-state index contributed by atoms with van der Waals surface area (Å²) in [5.41, 5.74) is 1.58. The van der Waals surface area contributed by atoms with Crippen LogP contribution >= 0.6 is 11.8 Å². The number of aryl methyl sites for hydroxylation is 1. The van der Waals surface area contributed by atoms with Crippen LogP contribution in [0.3, 0.4) is 0 Å². The molecule has 152 valence electrons. The first-order chi connectivity index (χ1) is 14.2. The van der Waals surface area contributed by atoms with Crippen molar-refractivity contribution in [1.82, 2.24) is 10.3 Å². The van der Waals surface area contributed by atoms with E-state index < -0.39 is 0 Å². The van der Waals surface area contributed by atoms with Gasteiger partial charge in [0.1, 0.15) is 11.6 Å². The average molecular weight is 415 g/mol. The number of ether oxygens (including phenoxy) is 1. The number of methoxy groups -OCH3 is 1. The molecule has 0 spiro atoms. The molecule has 1 amide bonds. The fourth-order valence-electron chi connectivity index (χ4n) is 2.68. The smallest absolute Gasteiger partial charge is 0.220 e. The number of amides is 1. The van der Waals surface area contributed by atoms with E-state index in [0.717, 1.165) is 17.1 Å². The van der Waals surface area contributed by atoms with Crippen LogP contribution in [0, 0.1) is 5.82 Å². The Morgan fingerprint density at radius 3 is 2.76 bits per heavy atom. The lowest BCUT2D eigenvalue weighted by molar-refractivity contribution is -0.121. The van der Waals surface area contributed by atoms with Gasteiger partial charge in [-0.15, -0.1) is 0 Å². The highest BCUT2D eigenvalue weighted by Crippen LogP contribution is 2.23. The summed E-state index contributed by atoms with van der Waals surface area (Å²) in [6.07, 6.45) is 2.40. The van der Waals surface area contributed by atoms with E-state index in [2.05, 4.69) is 10.3 Å². The minimum atomic E-state index is -0.191. The number of carbonyl (C=O) groups excluding carboxylic acids is 1. The maximum Gasteiger partial charge on any atom is 0.220 e. The number of nitrogens with zero attached hydrogens (tertiary/aromatic N) is 1. The van der Waals surface area contributed by atoms with E-state index in [9.17, 15) is 9.18 Å². The number of hydrogen-bond donors (Lipinski definition) is 1. The van der Waals surface area contributed by atoms with Gasteiger partial charge in [0.25, 0.3) is 0 Å². The summed E-state index contributed by atoms with van der Waals surface area (Å²) in [5.74, 6) is 3.03. The third-order valence-corrected chi connectivity index (χ3v) is 5.29. The Morgan fingerprint density at radius 2 is 2.00 bits per heavy atom. The predicted molar refractivity (Wildman–Crippen MR) is 112 cm³/mol. The molecule has 0 aliphatic rings. The van der Waals surface area contributed by atoms with Gasteiger partial charge in [0, 0.05) is 36.5 Å². The average Bonchev–Trinajstić information content (AvgIpc) is 3.22. The molecule has 0 fully saturated rings.